The summed E-state index contributed by atoms with van der Waals surface area (Å²) in [4.78, 5) is 8.06. The molecule has 5 heteroatoms. The van der Waals surface area contributed by atoms with Gasteiger partial charge in [-0.05, 0) is 24.3 Å². The fourth-order valence-electron chi connectivity index (χ4n) is 2.08. The number of halogens is 1. The average molecular weight is 242 g/mol. The van der Waals surface area contributed by atoms with Gasteiger partial charge >= 0.3 is 0 Å². The van der Waals surface area contributed by atoms with Crippen LogP contribution >= 0.6 is 0 Å². The largest absolute Gasteiger partial charge is 0.368 e. The third-order valence-corrected chi connectivity index (χ3v) is 2.90. The van der Waals surface area contributed by atoms with Crippen molar-refractivity contribution in [3.63, 3.8) is 0 Å². The number of nitrogens with zero attached hydrogens (tertiary/aromatic N) is 3. The summed E-state index contributed by atoms with van der Waals surface area (Å²) in [6.45, 7) is 0. The van der Waals surface area contributed by atoms with E-state index in [1.54, 1.807) is 18.3 Å². The Morgan fingerprint density at radius 2 is 2.11 bits per heavy atom. The third-order valence-electron chi connectivity index (χ3n) is 2.90. The van der Waals surface area contributed by atoms with Crippen molar-refractivity contribution in [1.82, 2.24) is 14.5 Å². The van der Waals surface area contributed by atoms with Gasteiger partial charge in [0.15, 0.2) is 0 Å². The lowest BCUT2D eigenvalue weighted by molar-refractivity contribution is 0.629. The summed E-state index contributed by atoms with van der Waals surface area (Å²) >= 11 is 0. The van der Waals surface area contributed by atoms with Gasteiger partial charge in [-0.25, -0.2) is 14.4 Å². The summed E-state index contributed by atoms with van der Waals surface area (Å²) in [6.07, 6.45) is 3.52. The monoisotopic (exact) mass is 242 g/mol. The maximum atomic E-state index is 13.2. The number of anilines is 1. The number of benzene rings is 1. The van der Waals surface area contributed by atoms with Gasteiger partial charge in [0, 0.05) is 30.4 Å². The van der Waals surface area contributed by atoms with Gasteiger partial charge in [0.25, 0.3) is 0 Å². The van der Waals surface area contributed by atoms with E-state index in [9.17, 15) is 4.39 Å². The van der Waals surface area contributed by atoms with E-state index < -0.39 is 0 Å². The molecule has 0 radical (unpaired) electrons. The number of nitrogen functional groups attached to an aromatic ring is 1. The van der Waals surface area contributed by atoms with Crippen LogP contribution in [0.15, 0.2) is 36.7 Å². The molecule has 0 spiro atoms. The minimum Gasteiger partial charge on any atom is -0.368 e. The fraction of sp³-hybridized carbons (Fsp3) is 0.0769. The Hall–Kier alpha value is -2.43. The summed E-state index contributed by atoms with van der Waals surface area (Å²) < 4.78 is 15.1. The molecular formula is C13H11FN4. The zero-order valence-corrected chi connectivity index (χ0v) is 9.76. The van der Waals surface area contributed by atoms with Crippen LogP contribution in [-0.4, -0.2) is 14.5 Å². The molecule has 0 bridgehead atoms. The molecule has 3 rings (SSSR count). The molecule has 0 unspecified atom stereocenters. The highest BCUT2D eigenvalue weighted by molar-refractivity contribution is 5.95. The van der Waals surface area contributed by atoms with E-state index in [1.165, 1.54) is 12.1 Å². The second-order valence-corrected chi connectivity index (χ2v) is 4.12. The Labute approximate surface area is 103 Å². The first-order valence-electron chi connectivity index (χ1n) is 5.48. The molecule has 0 aliphatic carbocycles. The van der Waals surface area contributed by atoms with Crippen molar-refractivity contribution in [2.75, 3.05) is 5.73 Å². The zero-order chi connectivity index (χ0) is 12.7. The normalized spacial score (nSPS) is 11.0. The summed E-state index contributed by atoms with van der Waals surface area (Å²) in [7, 11) is 1.87. The number of hydrogen-bond donors (Lipinski definition) is 1. The Balaban J connectivity index is 2.30. The van der Waals surface area contributed by atoms with Crippen molar-refractivity contribution in [2.45, 2.75) is 0 Å². The van der Waals surface area contributed by atoms with Crippen molar-refractivity contribution in [3.05, 3.63) is 42.5 Å². The highest BCUT2D eigenvalue weighted by Crippen LogP contribution is 2.29. The first kappa shape index (κ1) is 10.7. The van der Waals surface area contributed by atoms with Gasteiger partial charge in [-0.1, -0.05) is 0 Å². The molecule has 1 aromatic carbocycles. The fourth-order valence-corrected chi connectivity index (χ4v) is 2.08. The van der Waals surface area contributed by atoms with E-state index in [1.807, 2.05) is 17.8 Å². The molecule has 2 aromatic heterocycles. The van der Waals surface area contributed by atoms with Crippen LogP contribution in [-0.2, 0) is 7.05 Å². The van der Waals surface area contributed by atoms with Crippen molar-refractivity contribution in [2.24, 2.45) is 7.05 Å². The molecule has 4 nitrogen and oxygen atoms in total. The Morgan fingerprint density at radius 3 is 2.89 bits per heavy atom. The van der Waals surface area contributed by atoms with E-state index in [2.05, 4.69) is 9.97 Å². The zero-order valence-electron chi connectivity index (χ0n) is 9.76. The highest BCUT2D eigenvalue weighted by Gasteiger charge is 2.10. The number of aryl methyl sites for hydroxylation is 1. The van der Waals surface area contributed by atoms with Gasteiger partial charge in [0.1, 0.15) is 5.82 Å². The lowest BCUT2D eigenvalue weighted by Crippen LogP contribution is -1.94. The van der Waals surface area contributed by atoms with Crippen LogP contribution < -0.4 is 5.73 Å². The van der Waals surface area contributed by atoms with Crippen LogP contribution in [0.2, 0.25) is 0 Å². The van der Waals surface area contributed by atoms with Crippen LogP contribution in [0.25, 0.3) is 22.2 Å². The SMILES string of the molecule is Cn1cc(-c2ccnc(N)n2)c2ccc(F)cc21. The predicted molar refractivity (Wildman–Crippen MR) is 68.3 cm³/mol. The highest BCUT2D eigenvalue weighted by atomic mass is 19.1. The minimum atomic E-state index is -0.252. The first-order valence-corrected chi connectivity index (χ1v) is 5.48. The van der Waals surface area contributed by atoms with E-state index in [4.69, 9.17) is 5.73 Å². The second-order valence-electron chi connectivity index (χ2n) is 4.12. The first-order chi connectivity index (χ1) is 8.65. The number of rotatable bonds is 1. The summed E-state index contributed by atoms with van der Waals surface area (Å²) in [6, 6.07) is 6.48. The molecule has 0 fully saturated rings. The Kier molecular flexibility index (Phi) is 2.26. The van der Waals surface area contributed by atoms with Crippen molar-refractivity contribution < 1.29 is 4.39 Å². The van der Waals surface area contributed by atoms with E-state index in [0.29, 0.717) is 0 Å². The maximum absolute atomic E-state index is 13.2. The molecule has 2 N–H and O–H groups in total. The smallest absolute Gasteiger partial charge is 0.220 e. The molecule has 2 heterocycles. The third kappa shape index (κ3) is 1.60. The van der Waals surface area contributed by atoms with Crippen molar-refractivity contribution in [3.8, 4) is 11.3 Å². The molecule has 0 saturated carbocycles. The molecule has 0 amide bonds. The summed E-state index contributed by atoms with van der Waals surface area (Å²) in [5, 5.41) is 0.942. The Bertz CT molecular complexity index is 733. The van der Waals surface area contributed by atoms with Gasteiger partial charge < -0.3 is 10.3 Å². The lowest BCUT2D eigenvalue weighted by Gasteiger charge is -1.99. The molecule has 3 aromatic rings. The van der Waals surface area contributed by atoms with Crippen molar-refractivity contribution in [1.29, 1.82) is 0 Å². The van der Waals surface area contributed by atoms with Crippen LogP contribution in [0.3, 0.4) is 0 Å². The molecule has 0 saturated heterocycles. The number of aromatic nitrogens is 3. The number of hydrogen-bond acceptors (Lipinski definition) is 3. The molecular weight excluding hydrogens is 231 g/mol. The maximum Gasteiger partial charge on any atom is 0.220 e. The lowest BCUT2D eigenvalue weighted by atomic mass is 10.1. The van der Waals surface area contributed by atoms with Gasteiger partial charge in [0.05, 0.1) is 11.2 Å². The van der Waals surface area contributed by atoms with Crippen LogP contribution in [0.5, 0.6) is 0 Å². The van der Waals surface area contributed by atoms with Gasteiger partial charge in [-0.15, -0.1) is 0 Å². The quantitative estimate of drug-likeness (QED) is 0.712. The van der Waals surface area contributed by atoms with Crippen LogP contribution in [0.1, 0.15) is 0 Å². The standard InChI is InChI=1S/C13H11FN4/c1-18-7-10(11-4-5-16-13(15)17-11)9-3-2-8(14)6-12(9)18/h2-7H,1H3,(H2,15,16,17). The van der Waals surface area contributed by atoms with E-state index in [0.717, 1.165) is 22.2 Å². The Morgan fingerprint density at radius 1 is 1.28 bits per heavy atom. The molecule has 0 aliphatic rings. The van der Waals surface area contributed by atoms with Gasteiger partial charge in [0.2, 0.25) is 5.95 Å². The van der Waals surface area contributed by atoms with Gasteiger partial charge in [-0.2, -0.15) is 0 Å². The minimum absolute atomic E-state index is 0.228. The van der Waals surface area contributed by atoms with Crippen molar-refractivity contribution >= 4 is 16.9 Å². The summed E-state index contributed by atoms with van der Waals surface area (Å²) in [5.74, 6) is -0.0240. The topological polar surface area (TPSA) is 56.7 Å². The van der Waals surface area contributed by atoms with Gasteiger partial charge in [-0.3, -0.25) is 0 Å². The number of nitrogens with two attached hydrogens (primary N) is 1. The average Bonchev–Trinajstić information content (AvgIpc) is 2.67. The molecule has 0 atom stereocenters. The van der Waals surface area contributed by atoms with E-state index >= 15 is 0 Å². The predicted octanol–water partition coefficient (Wildman–Crippen LogP) is 2.36. The van der Waals surface area contributed by atoms with Crippen LogP contribution in [0.4, 0.5) is 10.3 Å². The van der Waals surface area contributed by atoms with E-state index in [-0.39, 0.29) is 11.8 Å². The second kappa shape index (κ2) is 3.80. The molecule has 90 valence electrons. The molecule has 18 heavy (non-hydrogen) atoms. The molecule has 0 aliphatic heterocycles. The van der Waals surface area contributed by atoms with Crippen LogP contribution in [0, 0.1) is 5.82 Å². The number of fused-ring (bicyclic) bond motifs is 1. The summed E-state index contributed by atoms with van der Waals surface area (Å²) in [5.41, 5.74) is 8.06.